The largest absolute Gasteiger partial charge is 0.378 e. The maximum Gasteiger partial charge on any atom is 0.129 e. The second-order valence-corrected chi connectivity index (χ2v) is 3.63. The molecule has 0 radical (unpaired) electrons. The predicted molar refractivity (Wildman–Crippen MR) is 43.3 cm³/mol. The fourth-order valence-electron chi connectivity index (χ4n) is 1.75. The zero-order chi connectivity index (χ0) is 8.43. The quantitative estimate of drug-likeness (QED) is 0.572. The van der Waals surface area contributed by atoms with E-state index in [-0.39, 0.29) is 12.0 Å². The van der Waals surface area contributed by atoms with Crippen molar-refractivity contribution in [1.82, 2.24) is 0 Å². The van der Waals surface area contributed by atoms with E-state index in [0.29, 0.717) is 5.92 Å². The summed E-state index contributed by atoms with van der Waals surface area (Å²) in [6.45, 7) is 4.09. The van der Waals surface area contributed by atoms with Crippen LogP contribution in [-0.4, -0.2) is 19.4 Å². The molecule has 2 heteroatoms. The molecule has 1 saturated carbocycles. The molecule has 1 aliphatic rings. The molecular formula is C9H17FO. The first-order valence-corrected chi connectivity index (χ1v) is 4.33. The summed E-state index contributed by atoms with van der Waals surface area (Å²) in [4.78, 5) is 0. The van der Waals surface area contributed by atoms with Crippen LogP contribution in [0.1, 0.15) is 26.7 Å². The SMILES string of the molecule is COC1CCC(C)C(C)C1F. The Kier molecular flexibility index (Phi) is 2.88. The summed E-state index contributed by atoms with van der Waals surface area (Å²) in [5.74, 6) is 0.671. The average molecular weight is 160 g/mol. The van der Waals surface area contributed by atoms with Crippen LogP contribution < -0.4 is 0 Å². The highest BCUT2D eigenvalue weighted by Crippen LogP contribution is 2.32. The zero-order valence-electron chi connectivity index (χ0n) is 7.51. The van der Waals surface area contributed by atoms with Gasteiger partial charge >= 0.3 is 0 Å². The summed E-state index contributed by atoms with van der Waals surface area (Å²) in [6, 6.07) is 0. The van der Waals surface area contributed by atoms with E-state index >= 15 is 0 Å². The molecule has 11 heavy (non-hydrogen) atoms. The van der Waals surface area contributed by atoms with E-state index in [2.05, 4.69) is 6.92 Å². The van der Waals surface area contributed by atoms with Crippen LogP contribution in [0.3, 0.4) is 0 Å². The van der Waals surface area contributed by atoms with Gasteiger partial charge in [-0.2, -0.15) is 0 Å². The van der Waals surface area contributed by atoms with Crippen LogP contribution in [0, 0.1) is 11.8 Å². The van der Waals surface area contributed by atoms with Gasteiger partial charge in [-0.1, -0.05) is 13.8 Å². The molecule has 0 heterocycles. The van der Waals surface area contributed by atoms with Crippen LogP contribution in [-0.2, 0) is 4.74 Å². The molecule has 0 amide bonds. The van der Waals surface area contributed by atoms with Crippen molar-refractivity contribution in [3.8, 4) is 0 Å². The fraction of sp³-hybridized carbons (Fsp3) is 1.00. The molecule has 4 unspecified atom stereocenters. The van der Waals surface area contributed by atoms with Crippen molar-refractivity contribution in [2.75, 3.05) is 7.11 Å². The number of rotatable bonds is 1. The fourth-order valence-corrected chi connectivity index (χ4v) is 1.75. The summed E-state index contributed by atoms with van der Waals surface area (Å²) in [6.07, 6.45) is 1.06. The first-order valence-electron chi connectivity index (χ1n) is 4.33. The first kappa shape index (κ1) is 8.98. The summed E-state index contributed by atoms with van der Waals surface area (Å²) in [5.41, 5.74) is 0. The summed E-state index contributed by atoms with van der Waals surface area (Å²) >= 11 is 0. The van der Waals surface area contributed by atoms with Gasteiger partial charge in [-0.3, -0.25) is 0 Å². The standard InChI is InChI=1S/C9H17FO/c1-6-4-5-8(11-3)9(10)7(6)2/h6-9H,4-5H2,1-3H3. The molecule has 0 saturated heterocycles. The molecule has 0 aromatic carbocycles. The maximum atomic E-state index is 13.4. The van der Waals surface area contributed by atoms with Crippen molar-refractivity contribution in [1.29, 1.82) is 0 Å². The molecule has 0 aliphatic heterocycles. The average Bonchev–Trinajstić information content (AvgIpc) is 2.01. The van der Waals surface area contributed by atoms with Crippen LogP contribution in [0.15, 0.2) is 0 Å². The number of methoxy groups -OCH3 is 1. The highest BCUT2D eigenvalue weighted by molar-refractivity contribution is 4.84. The third kappa shape index (κ3) is 1.73. The van der Waals surface area contributed by atoms with E-state index in [9.17, 15) is 4.39 Å². The summed E-state index contributed by atoms with van der Waals surface area (Å²) in [5, 5.41) is 0. The maximum absolute atomic E-state index is 13.4. The van der Waals surface area contributed by atoms with Gasteiger partial charge in [0.15, 0.2) is 0 Å². The van der Waals surface area contributed by atoms with Gasteiger partial charge < -0.3 is 4.74 Å². The van der Waals surface area contributed by atoms with Crippen molar-refractivity contribution < 1.29 is 9.13 Å². The summed E-state index contributed by atoms with van der Waals surface area (Å²) in [7, 11) is 1.60. The minimum Gasteiger partial charge on any atom is -0.378 e. The van der Waals surface area contributed by atoms with Crippen molar-refractivity contribution in [3.05, 3.63) is 0 Å². The molecule has 4 atom stereocenters. The number of hydrogen-bond donors (Lipinski definition) is 0. The summed E-state index contributed by atoms with van der Waals surface area (Å²) < 4.78 is 18.4. The van der Waals surface area contributed by atoms with Crippen LogP contribution >= 0.6 is 0 Å². The number of hydrogen-bond acceptors (Lipinski definition) is 1. The molecule has 0 N–H and O–H groups in total. The third-order valence-corrected chi connectivity index (χ3v) is 2.96. The van der Waals surface area contributed by atoms with E-state index in [1.807, 2.05) is 6.92 Å². The molecule has 0 bridgehead atoms. The molecule has 1 fully saturated rings. The third-order valence-electron chi connectivity index (χ3n) is 2.96. The van der Waals surface area contributed by atoms with Crippen LogP contribution in [0.2, 0.25) is 0 Å². The predicted octanol–water partition coefficient (Wildman–Crippen LogP) is 2.41. The van der Waals surface area contributed by atoms with Crippen LogP contribution in [0.25, 0.3) is 0 Å². The normalized spacial score (nSPS) is 45.8. The Morgan fingerprint density at radius 2 is 1.91 bits per heavy atom. The molecular weight excluding hydrogens is 143 g/mol. The molecule has 66 valence electrons. The topological polar surface area (TPSA) is 9.23 Å². The Morgan fingerprint density at radius 1 is 1.27 bits per heavy atom. The van der Waals surface area contributed by atoms with Gasteiger partial charge in [-0.25, -0.2) is 4.39 Å². The van der Waals surface area contributed by atoms with Crippen molar-refractivity contribution in [2.45, 2.75) is 39.0 Å². The Bertz CT molecular complexity index is 125. The van der Waals surface area contributed by atoms with Gasteiger partial charge in [0.2, 0.25) is 0 Å². The van der Waals surface area contributed by atoms with E-state index in [0.717, 1.165) is 12.8 Å². The highest BCUT2D eigenvalue weighted by atomic mass is 19.1. The molecule has 0 aromatic heterocycles. The van der Waals surface area contributed by atoms with E-state index in [4.69, 9.17) is 4.74 Å². The Morgan fingerprint density at radius 3 is 2.45 bits per heavy atom. The molecule has 0 aromatic rings. The van der Waals surface area contributed by atoms with Gasteiger partial charge in [-0.15, -0.1) is 0 Å². The van der Waals surface area contributed by atoms with E-state index in [1.54, 1.807) is 7.11 Å². The van der Waals surface area contributed by atoms with Gasteiger partial charge in [0.05, 0.1) is 6.10 Å². The minimum absolute atomic E-state index is 0.152. The number of alkyl halides is 1. The lowest BCUT2D eigenvalue weighted by molar-refractivity contribution is -0.0360. The second kappa shape index (κ2) is 3.53. The molecule has 1 rings (SSSR count). The zero-order valence-corrected chi connectivity index (χ0v) is 7.51. The van der Waals surface area contributed by atoms with Gasteiger partial charge in [0.1, 0.15) is 6.17 Å². The smallest absolute Gasteiger partial charge is 0.129 e. The number of halogens is 1. The lowest BCUT2D eigenvalue weighted by Crippen LogP contribution is -2.38. The minimum atomic E-state index is -0.760. The van der Waals surface area contributed by atoms with Crippen molar-refractivity contribution in [3.63, 3.8) is 0 Å². The molecule has 1 aliphatic carbocycles. The van der Waals surface area contributed by atoms with Gasteiger partial charge in [0.25, 0.3) is 0 Å². The van der Waals surface area contributed by atoms with E-state index < -0.39 is 6.17 Å². The molecule has 1 nitrogen and oxygen atoms in total. The van der Waals surface area contributed by atoms with Gasteiger partial charge in [0, 0.05) is 7.11 Å². The Balaban J connectivity index is 2.52. The lowest BCUT2D eigenvalue weighted by Gasteiger charge is -2.34. The molecule has 0 spiro atoms. The lowest BCUT2D eigenvalue weighted by atomic mass is 9.79. The van der Waals surface area contributed by atoms with Crippen molar-refractivity contribution in [2.24, 2.45) is 11.8 Å². The van der Waals surface area contributed by atoms with Crippen molar-refractivity contribution >= 4 is 0 Å². The van der Waals surface area contributed by atoms with Gasteiger partial charge in [-0.05, 0) is 24.7 Å². The number of ether oxygens (including phenoxy) is 1. The van der Waals surface area contributed by atoms with E-state index in [1.165, 1.54) is 0 Å². The highest BCUT2D eigenvalue weighted by Gasteiger charge is 2.34. The second-order valence-electron chi connectivity index (χ2n) is 3.63. The first-order chi connectivity index (χ1) is 5.16. The Hall–Kier alpha value is -0.110. The van der Waals surface area contributed by atoms with Crippen LogP contribution in [0.4, 0.5) is 4.39 Å². The van der Waals surface area contributed by atoms with Crippen LogP contribution in [0.5, 0.6) is 0 Å². The Labute approximate surface area is 67.9 Å². The monoisotopic (exact) mass is 160 g/mol.